The Bertz CT molecular complexity index is 3200. The molecule has 8 aromatic rings. The first-order valence-corrected chi connectivity index (χ1v) is 23.1. The monoisotopic (exact) mass is 942 g/mol. The number of halogens is 3. The van der Waals surface area contributed by atoms with Crippen LogP contribution in [-0.2, 0) is 33.8 Å². The minimum atomic E-state index is -4.40. The SMILES string of the molecule is CCSc1ccc2c(n1)N(c1ccc(OC)cc1)C(=O)N(c1cc3cn(C)nc3cc1COc1ccc(N3C(=O)N(c4ccc5nn(C)cc5c4)Cc4ccc(SCC(F)(F)F)nc43)cc1)C2. The topological polar surface area (TPSA) is 127 Å². The van der Waals surface area contributed by atoms with Crippen molar-refractivity contribution in [2.24, 2.45) is 14.1 Å². The zero-order valence-corrected chi connectivity index (χ0v) is 38.2. The number of nitrogens with zero attached hydrogens (tertiary/aromatic N) is 10. The molecule has 67 heavy (non-hydrogen) atoms. The summed E-state index contributed by atoms with van der Waals surface area (Å²) in [6, 6.07) is 30.0. The highest BCUT2D eigenvalue weighted by Crippen LogP contribution is 2.42. The van der Waals surface area contributed by atoms with Crippen molar-refractivity contribution in [1.29, 1.82) is 0 Å². The van der Waals surface area contributed by atoms with Gasteiger partial charge in [0.25, 0.3) is 0 Å². The number of alkyl halides is 3. The Morgan fingerprint density at radius 2 is 1.19 bits per heavy atom. The molecule has 0 aliphatic carbocycles. The van der Waals surface area contributed by atoms with E-state index in [9.17, 15) is 22.8 Å². The smallest absolute Gasteiger partial charge is 0.398 e. The van der Waals surface area contributed by atoms with E-state index in [-0.39, 0.29) is 36.6 Å². The van der Waals surface area contributed by atoms with Gasteiger partial charge in [-0.2, -0.15) is 23.4 Å². The van der Waals surface area contributed by atoms with Gasteiger partial charge in [-0.3, -0.25) is 19.2 Å². The largest absolute Gasteiger partial charge is 0.497 e. The molecule has 340 valence electrons. The minimum absolute atomic E-state index is 0.0438. The summed E-state index contributed by atoms with van der Waals surface area (Å²) in [5.41, 5.74) is 5.99. The highest BCUT2D eigenvalue weighted by Gasteiger charge is 2.37. The van der Waals surface area contributed by atoms with Crippen LogP contribution in [0.3, 0.4) is 0 Å². The number of anilines is 6. The number of fused-ring (bicyclic) bond motifs is 4. The lowest BCUT2D eigenvalue weighted by Gasteiger charge is -2.37. The third kappa shape index (κ3) is 8.67. The van der Waals surface area contributed by atoms with E-state index in [1.807, 2.05) is 93.2 Å². The number of methoxy groups -OCH3 is 1. The number of hydrogen-bond acceptors (Lipinski definition) is 10. The summed E-state index contributed by atoms with van der Waals surface area (Å²) < 4.78 is 55.1. The summed E-state index contributed by atoms with van der Waals surface area (Å²) in [5, 5.41) is 11.7. The van der Waals surface area contributed by atoms with Crippen molar-refractivity contribution in [3.63, 3.8) is 0 Å². The predicted octanol–water partition coefficient (Wildman–Crippen LogP) is 11.2. The van der Waals surface area contributed by atoms with Gasteiger partial charge in [-0.1, -0.05) is 30.8 Å². The first-order valence-electron chi connectivity index (χ1n) is 21.1. The van der Waals surface area contributed by atoms with E-state index < -0.39 is 18.0 Å². The van der Waals surface area contributed by atoms with Gasteiger partial charge in [-0.25, -0.2) is 29.4 Å². The van der Waals surface area contributed by atoms with E-state index in [1.54, 1.807) is 79.3 Å². The highest BCUT2D eigenvalue weighted by molar-refractivity contribution is 7.99. The zero-order valence-electron chi connectivity index (χ0n) is 36.6. The number of hydrogen-bond donors (Lipinski definition) is 0. The molecule has 0 saturated carbocycles. The molecule has 4 aromatic carbocycles. The van der Waals surface area contributed by atoms with Crippen LogP contribution in [0.4, 0.5) is 57.1 Å². The summed E-state index contributed by atoms with van der Waals surface area (Å²) in [5.74, 6) is 1.61. The Morgan fingerprint density at radius 3 is 1.81 bits per heavy atom. The molecule has 0 spiro atoms. The van der Waals surface area contributed by atoms with Crippen molar-refractivity contribution in [1.82, 2.24) is 29.5 Å². The van der Waals surface area contributed by atoms with Crippen molar-refractivity contribution in [3.8, 4) is 11.5 Å². The predicted molar refractivity (Wildman–Crippen MR) is 254 cm³/mol. The summed E-state index contributed by atoms with van der Waals surface area (Å²) in [7, 11) is 5.25. The van der Waals surface area contributed by atoms with E-state index in [4.69, 9.17) is 14.5 Å². The minimum Gasteiger partial charge on any atom is -0.497 e. The molecule has 2 aliphatic heterocycles. The van der Waals surface area contributed by atoms with Crippen LogP contribution in [0.2, 0.25) is 0 Å². The van der Waals surface area contributed by atoms with Crippen molar-refractivity contribution >= 4 is 91.8 Å². The number of aryl methyl sites for hydroxylation is 2. The van der Waals surface area contributed by atoms with Gasteiger partial charge >= 0.3 is 18.2 Å². The Kier molecular flexibility index (Phi) is 11.4. The molecule has 2 aliphatic rings. The summed E-state index contributed by atoms with van der Waals surface area (Å²) in [4.78, 5) is 45.3. The fourth-order valence-electron chi connectivity index (χ4n) is 8.25. The van der Waals surface area contributed by atoms with Crippen LogP contribution in [0.25, 0.3) is 21.8 Å². The lowest BCUT2D eigenvalue weighted by Crippen LogP contribution is -2.45. The Hall–Kier alpha value is -7.25. The maximum absolute atomic E-state index is 14.9. The van der Waals surface area contributed by atoms with E-state index in [0.717, 1.165) is 38.1 Å². The van der Waals surface area contributed by atoms with E-state index in [0.29, 0.717) is 63.0 Å². The Morgan fingerprint density at radius 1 is 0.642 bits per heavy atom. The number of carbonyl (C=O) groups excluding carboxylic acids is 2. The molecule has 0 saturated heterocycles. The van der Waals surface area contributed by atoms with Crippen LogP contribution in [0.5, 0.6) is 11.5 Å². The fraction of sp³-hybridized carbons (Fsp3) is 0.208. The van der Waals surface area contributed by atoms with E-state index in [2.05, 4.69) is 22.1 Å². The molecule has 0 bridgehead atoms. The second-order valence-corrected chi connectivity index (χ2v) is 18.2. The molecule has 4 aromatic heterocycles. The summed E-state index contributed by atoms with van der Waals surface area (Å²) in [6.45, 7) is 2.50. The van der Waals surface area contributed by atoms with Crippen LogP contribution < -0.4 is 29.1 Å². The number of pyridine rings is 2. The lowest BCUT2D eigenvalue weighted by molar-refractivity contribution is -0.105. The molecule has 0 fully saturated rings. The molecular weight excluding hydrogens is 902 g/mol. The molecule has 6 heterocycles. The van der Waals surface area contributed by atoms with Gasteiger partial charge in [-0.05, 0) is 96.7 Å². The van der Waals surface area contributed by atoms with Gasteiger partial charge < -0.3 is 9.47 Å². The average molecular weight is 943 g/mol. The van der Waals surface area contributed by atoms with Crippen molar-refractivity contribution in [3.05, 3.63) is 132 Å². The Labute approximate surface area is 390 Å². The highest BCUT2D eigenvalue weighted by atomic mass is 32.2. The van der Waals surface area contributed by atoms with Crippen LogP contribution in [-0.4, -0.2) is 66.4 Å². The van der Waals surface area contributed by atoms with Crippen LogP contribution in [0.15, 0.2) is 126 Å². The van der Waals surface area contributed by atoms with Gasteiger partial charge in [0.2, 0.25) is 0 Å². The molecule has 0 atom stereocenters. The first-order chi connectivity index (χ1) is 32.3. The number of rotatable bonds is 12. The maximum atomic E-state index is 14.9. The van der Waals surface area contributed by atoms with Crippen molar-refractivity contribution < 1.29 is 32.2 Å². The van der Waals surface area contributed by atoms with Gasteiger partial charge in [0.1, 0.15) is 29.7 Å². The summed E-state index contributed by atoms with van der Waals surface area (Å²) >= 11 is 2.16. The van der Waals surface area contributed by atoms with Gasteiger partial charge in [-0.15, -0.1) is 11.8 Å². The van der Waals surface area contributed by atoms with Gasteiger partial charge in [0, 0.05) is 59.6 Å². The summed E-state index contributed by atoms with van der Waals surface area (Å²) in [6.07, 6.45) is -0.644. The third-order valence-corrected chi connectivity index (χ3v) is 13.1. The number of aromatic nitrogens is 6. The molecule has 4 amide bonds. The average Bonchev–Trinajstić information content (AvgIpc) is 3.89. The van der Waals surface area contributed by atoms with Crippen molar-refractivity contribution in [2.75, 3.05) is 38.2 Å². The third-order valence-electron chi connectivity index (χ3n) is 11.3. The molecule has 10 rings (SSSR count). The maximum Gasteiger partial charge on any atom is 0.398 e. The Balaban J connectivity index is 0.970. The fourth-order valence-corrected chi connectivity index (χ4v) is 9.49. The number of benzene rings is 4. The molecular formula is C48H41F3N10O4S2. The number of ether oxygens (including phenoxy) is 2. The molecule has 0 radical (unpaired) electrons. The number of urea groups is 2. The second kappa shape index (κ2) is 17.5. The zero-order chi connectivity index (χ0) is 46.6. The van der Waals surface area contributed by atoms with Crippen LogP contribution in [0.1, 0.15) is 23.6 Å². The van der Waals surface area contributed by atoms with Crippen LogP contribution >= 0.6 is 23.5 Å². The number of carbonyl (C=O) groups is 2. The van der Waals surface area contributed by atoms with E-state index >= 15 is 0 Å². The molecule has 14 nitrogen and oxygen atoms in total. The molecule has 19 heteroatoms. The van der Waals surface area contributed by atoms with E-state index in [1.165, 1.54) is 4.90 Å². The van der Waals surface area contributed by atoms with Crippen molar-refractivity contribution in [2.45, 2.75) is 42.8 Å². The number of thioether (sulfide) groups is 2. The number of amides is 4. The second-order valence-electron chi connectivity index (χ2n) is 15.9. The molecule has 0 unspecified atom stereocenters. The quantitative estimate of drug-likeness (QED) is 0.109. The molecule has 0 N–H and O–H groups in total. The lowest BCUT2D eigenvalue weighted by atomic mass is 10.1. The normalized spacial score (nSPS) is 14.0. The van der Waals surface area contributed by atoms with Gasteiger partial charge in [0.15, 0.2) is 0 Å². The van der Waals surface area contributed by atoms with Gasteiger partial charge in [0.05, 0.1) is 64.1 Å². The van der Waals surface area contributed by atoms with Crippen LogP contribution in [0, 0.1) is 0 Å². The standard InChI is InChI=1S/C48H41F3N10O4S2/c1-5-66-42-18-6-30-26-59(47(63)61(45(30)52-42)34-8-13-37(64-4)14-9-34)41-22-32-24-57(3)55-40(32)21-33(41)27-65-38-15-10-35(11-16-38)60-44-29(7-19-43(53-44)67-28-48(49,50)51)25-58(46(60)62)36-12-17-39-31(20-36)23-56(2)54-39/h6-24H,5,25-28H2,1-4H3. The first kappa shape index (κ1) is 43.6.